The lowest BCUT2D eigenvalue weighted by Crippen LogP contribution is -2.31. The Balaban J connectivity index is 1.86. The van der Waals surface area contributed by atoms with Gasteiger partial charge in [0.25, 0.3) is 0 Å². The first-order valence-corrected chi connectivity index (χ1v) is 7.88. The van der Waals surface area contributed by atoms with E-state index in [1.807, 2.05) is 0 Å². The fourth-order valence-electron chi connectivity index (χ4n) is 4.67. The smallest absolute Gasteiger partial charge is 0.0414 e. The van der Waals surface area contributed by atoms with Crippen molar-refractivity contribution in [3.05, 3.63) is 58.4 Å². The van der Waals surface area contributed by atoms with Crippen molar-refractivity contribution >= 4 is 5.69 Å². The zero-order valence-corrected chi connectivity index (χ0v) is 13.2. The van der Waals surface area contributed by atoms with Crippen LogP contribution in [0.15, 0.2) is 30.3 Å². The lowest BCUT2D eigenvalue weighted by atomic mass is 9.77. The summed E-state index contributed by atoms with van der Waals surface area (Å²) in [6.45, 7) is 10.1. The van der Waals surface area contributed by atoms with E-state index in [-0.39, 0.29) is 0 Å². The Kier molecular flexibility index (Phi) is 2.66. The Labute approximate surface area is 126 Å². The van der Waals surface area contributed by atoms with Gasteiger partial charge < -0.3 is 4.90 Å². The van der Waals surface area contributed by atoms with Crippen LogP contribution in [0.1, 0.15) is 46.8 Å². The molecule has 3 heterocycles. The third-order valence-corrected chi connectivity index (χ3v) is 5.40. The Morgan fingerprint density at radius 2 is 1.90 bits per heavy atom. The molecule has 2 heteroatoms. The summed E-state index contributed by atoms with van der Waals surface area (Å²) in [5.74, 6) is 1.20. The number of pyridine rings is 1. The van der Waals surface area contributed by atoms with Gasteiger partial charge in [0.1, 0.15) is 0 Å². The van der Waals surface area contributed by atoms with E-state index >= 15 is 0 Å². The summed E-state index contributed by atoms with van der Waals surface area (Å²) in [5.41, 5.74) is 8.21. The van der Waals surface area contributed by atoms with Crippen LogP contribution in [0.4, 0.5) is 5.69 Å². The van der Waals surface area contributed by atoms with Crippen LogP contribution in [0, 0.1) is 20.8 Å². The number of hydrogen-bond donors (Lipinski definition) is 0. The number of para-hydroxylation sites is 1. The van der Waals surface area contributed by atoms with Gasteiger partial charge in [-0.05, 0) is 56.5 Å². The van der Waals surface area contributed by atoms with Crippen LogP contribution in [0.3, 0.4) is 0 Å². The first kappa shape index (κ1) is 12.9. The molecule has 0 amide bonds. The third-order valence-electron chi connectivity index (χ3n) is 5.40. The van der Waals surface area contributed by atoms with Gasteiger partial charge >= 0.3 is 0 Å². The van der Waals surface area contributed by atoms with Gasteiger partial charge in [-0.15, -0.1) is 0 Å². The van der Waals surface area contributed by atoms with Crippen LogP contribution >= 0.6 is 0 Å². The molecular weight excluding hydrogens is 256 g/mol. The Morgan fingerprint density at radius 1 is 1.14 bits per heavy atom. The first-order chi connectivity index (χ1) is 10.1. The van der Waals surface area contributed by atoms with Gasteiger partial charge in [0.15, 0.2) is 0 Å². The number of rotatable bonds is 1. The molecule has 0 N–H and O–H groups in total. The summed E-state index contributed by atoms with van der Waals surface area (Å²) in [4.78, 5) is 7.32. The van der Waals surface area contributed by atoms with Crippen LogP contribution in [-0.4, -0.2) is 17.6 Å². The molecule has 0 radical (unpaired) electrons. The van der Waals surface area contributed by atoms with Gasteiger partial charge in [-0.3, -0.25) is 4.98 Å². The van der Waals surface area contributed by atoms with E-state index in [4.69, 9.17) is 4.98 Å². The van der Waals surface area contributed by atoms with E-state index in [1.54, 1.807) is 0 Å². The summed E-state index contributed by atoms with van der Waals surface area (Å²) >= 11 is 0. The molecule has 2 unspecified atom stereocenters. The predicted molar refractivity (Wildman–Crippen MR) is 87.2 cm³/mol. The van der Waals surface area contributed by atoms with E-state index < -0.39 is 0 Å². The molecule has 2 aromatic rings. The minimum Gasteiger partial charge on any atom is -0.367 e. The van der Waals surface area contributed by atoms with Crippen LogP contribution in [0.5, 0.6) is 0 Å². The fourth-order valence-corrected chi connectivity index (χ4v) is 4.67. The van der Waals surface area contributed by atoms with Gasteiger partial charge in [0.05, 0.1) is 0 Å². The van der Waals surface area contributed by atoms with Crippen molar-refractivity contribution < 1.29 is 0 Å². The fraction of sp³-hybridized carbons (Fsp3) is 0.421. The van der Waals surface area contributed by atoms with Gasteiger partial charge in [-0.1, -0.05) is 18.2 Å². The maximum Gasteiger partial charge on any atom is 0.0414 e. The van der Waals surface area contributed by atoms with Crippen LogP contribution in [0.25, 0.3) is 0 Å². The molecule has 0 saturated carbocycles. The Morgan fingerprint density at radius 3 is 2.67 bits per heavy atom. The number of hydrogen-bond acceptors (Lipinski definition) is 2. The largest absolute Gasteiger partial charge is 0.367 e. The highest BCUT2D eigenvalue weighted by Gasteiger charge is 2.48. The summed E-state index contributed by atoms with van der Waals surface area (Å²) in [7, 11) is 0. The van der Waals surface area contributed by atoms with Gasteiger partial charge in [-0.25, -0.2) is 0 Å². The highest BCUT2D eigenvalue weighted by Crippen LogP contribution is 2.54. The molecule has 3 atom stereocenters. The van der Waals surface area contributed by atoms with Crippen molar-refractivity contribution in [3.8, 4) is 0 Å². The molecule has 2 aliphatic rings. The van der Waals surface area contributed by atoms with Crippen molar-refractivity contribution in [2.24, 2.45) is 0 Å². The predicted octanol–water partition coefficient (Wildman–Crippen LogP) is 4.10. The van der Waals surface area contributed by atoms with E-state index in [2.05, 4.69) is 62.9 Å². The number of aromatic nitrogens is 1. The molecule has 2 bridgehead atoms. The van der Waals surface area contributed by atoms with E-state index in [9.17, 15) is 0 Å². The first-order valence-electron chi connectivity index (χ1n) is 7.88. The maximum atomic E-state index is 4.73. The van der Waals surface area contributed by atoms with Gasteiger partial charge in [0, 0.05) is 41.5 Å². The number of aryl methyl sites for hydroxylation is 3. The van der Waals surface area contributed by atoms with Crippen molar-refractivity contribution in [3.63, 3.8) is 0 Å². The van der Waals surface area contributed by atoms with Crippen LogP contribution in [0.2, 0.25) is 0 Å². The second kappa shape index (κ2) is 4.33. The van der Waals surface area contributed by atoms with E-state index in [0.717, 1.165) is 12.2 Å². The molecule has 0 aliphatic carbocycles. The molecular formula is C19H22N2. The SMILES string of the molecule is Cc1cc(C)c(C2C3CN(c4ccccc43)[C@@H]2C)c(C)n1. The lowest BCUT2D eigenvalue weighted by Gasteiger charge is -2.34. The van der Waals surface area contributed by atoms with Gasteiger partial charge in [0.2, 0.25) is 0 Å². The number of fused-ring (bicyclic) bond motifs is 5. The van der Waals surface area contributed by atoms with Crippen LogP contribution < -0.4 is 4.90 Å². The monoisotopic (exact) mass is 278 g/mol. The zero-order chi connectivity index (χ0) is 14.7. The van der Waals surface area contributed by atoms with Crippen molar-refractivity contribution in [1.29, 1.82) is 0 Å². The summed E-state index contributed by atoms with van der Waals surface area (Å²) in [6, 6.07) is 11.7. The number of benzene rings is 1. The standard InChI is InChI=1S/C19H22N2/c1-11-9-12(2)20-13(3)18(11)19-14(4)21-10-16(19)15-7-5-6-8-17(15)21/h5-9,14,16,19H,10H2,1-4H3/t14-,16?,19?/m1/s1. The topological polar surface area (TPSA) is 16.1 Å². The highest BCUT2D eigenvalue weighted by molar-refractivity contribution is 5.66. The molecule has 1 fully saturated rings. The van der Waals surface area contributed by atoms with Gasteiger partial charge in [-0.2, -0.15) is 0 Å². The highest BCUT2D eigenvalue weighted by atomic mass is 15.2. The zero-order valence-electron chi connectivity index (χ0n) is 13.2. The van der Waals surface area contributed by atoms with E-state index in [1.165, 1.54) is 28.1 Å². The Bertz CT molecular complexity index is 696. The van der Waals surface area contributed by atoms with Crippen molar-refractivity contribution in [2.45, 2.75) is 45.6 Å². The molecule has 108 valence electrons. The van der Waals surface area contributed by atoms with E-state index in [0.29, 0.717) is 17.9 Å². The van der Waals surface area contributed by atoms with Crippen molar-refractivity contribution in [1.82, 2.24) is 4.98 Å². The minimum atomic E-state index is 0.562. The maximum absolute atomic E-state index is 4.73. The van der Waals surface area contributed by atoms with Crippen molar-refractivity contribution in [2.75, 3.05) is 11.4 Å². The Hall–Kier alpha value is -1.83. The van der Waals surface area contributed by atoms with Crippen LogP contribution in [-0.2, 0) is 0 Å². The third kappa shape index (κ3) is 1.68. The summed E-state index contributed by atoms with van der Waals surface area (Å²) < 4.78 is 0. The molecule has 2 nitrogen and oxygen atoms in total. The normalized spacial score (nSPS) is 26.3. The molecule has 1 aromatic carbocycles. The molecule has 21 heavy (non-hydrogen) atoms. The molecule has 2 aliphatic heterocycles. The molecule has 4 rings (SSSR count). The minimum absolute atomic E-state index is 0.562. The summed E-state index contributed by atoms with van der Waals surface area (Å²) in [5, 5.41) is 0. The average Bonchev–Trinajstić information content (AvgIpc) is 2.95. The quantitative estimate of drug-likeness (QED) is 0.781. The average molecular weight is 278 g/mol. The second-order valence-electron chi connectivity index (χ2n) is 6.66. The number of anilines is 1. The molecule has 1 saturated heterocycles. The molecule has 0 spiro atoms. The number of nitrogens with zero attached hydrogens (tertiary/aromatic N) is 2. The lowest BCUT2D eigenvalue weighted by molar-refractivity contribution is 0.561. The second-order valence-corrected chi connectivity index (χ2v) is 6.66. The summed E-state index contributed by atoms with van der Waals surface area (Å²) in [6.07, 6.45) is 0. The molecule has 1 aromatic heterocycles.